The first-order valence-corrected chi connectivity index (χ1v) is 7.08. The van der Waals surface area contributed by atoms with Gasteiger partial charge >= 0.3 is 0 Å². The third-order valence-corrected chi connectivity index (χ3v) is 8.43. The monoisotopic (exact) mass is 144 g/mol. The van der Waals surface area contributed by atoms with Crippen molar-refractivity contribution in [3.63, 3.8) is 0 Å². The Kier molecular flexibility index (Phi) is 3.32. The fourth-order valence-electron chi connectivity index (χ4n) is 0.577. The Bertz CT molecular complexity index is 99.1. The minimum absolute atomic E-state index is 0.381. The molecule has 0 fully saturated rings. The zero-order valence-corrected chi connectivity index (χ0v) is 9.73. The molecule has 0 heterocycles. The first kappa shape index (κ1) is 8.17. The lowest BCUT2D eigenvalue weighted by Crippen LogP contribution is -2.06. The summed E-state index contributed by atoms with van der Waals surface area (Å²) in [6.07, 6.45) is 0. The van der Waals surface area contributed by atoms with Gasteiger partial charge in [0.1, 0.15) is 0 Å². The third-order valence-electron chi connectivity index (χ3n) is 1.65. The van der Waals surface area contributed by atoms with Gasteiger partial charge in [0.2, 0.25) is 0 Å². The van der Waals surface area contributed by atoms with E-state index in [4.69, 9.17) is 0 Å². The molecule has 0 atom stereocenters. The van der Waals surface area contributed by atoms with E-state index in [1.807, 2.05) is 0 Å². The molecule has 0 saturated carbocycles. The zero-order valence-electron chi connectivity index (χ0n) is 6.58. The van der Waals surface area contributed by atoms with Gasteiger partial charge in [-0.3, -0.25) is 0 Å². The first-order valence-electron chi connectivity index (χ1n) is 3.19. The highest BCUT2D eigenvalue weighted by Crippen LogP contribution is 2.01. The van der Waals surface area contributed by atoms with E-state index in [0.717, 1.165) is 0 Å². The quantitative estimate of drug-likeness (QED) is 0.475. The van der Waals surface area contributed by atoms with E-state index in [1.165, 1.54) is 10.2 Å². The van der Waals surface area contributed by atoms with E-state index in [2.05, 4.69) is 26.9 Å². The van der Waals surface area contributed by atoms with Crippen LogP contribution in [0.5, 0.6) is 0 Å². The van der Waals surface area contributed by atoms with Crippen LogP contribution in [0.3, 0.4) is 0 Å². The maximum atomic E-state index is 2.40. The van der Waals surface area contributed by atoms with Gasteiger partial charge in [0.25, 0.3) is 0 Å². The molecule has 0 aromatic rings. The van der Waals surface area contributed by atoms with Gasteiger partial charge < -0.3 is 0 Å². The first-order chi connectivity index (χ1) is 3.55. The van der Waals surface area contributed by atoms with Gasteiger partial charge in [0.15, 0.2) is 0 Å². The number of allylic oxidation sites excluding steroid dienone is 1. The van der Waals surface area contributed by atoms with E-state index < -0.39 is 0 Å². The maximum absolute atomic E-state index is 2.40. The van der Waals surface area contributed by atoms with Crippen LogP contribution in [-0.2, 0) is 0 Å². The summed E-state index contributed by atoms with van der Waals surface area (Å²) in [7, 11) is 0.918. The van der Waals surface area contributed by atoms with E-state index in [-0.39, 0.29) is 8.80 Å². The van der Waals surface area contributed by atoms with Gasteiger partial charge in [0.05, 0.1) is 8.80 Å². The molecule has 0 radical (unpaired) electrons. The maximum Gasteiger partial charge on any atom is 0.0535 e. The molecule has 0 spiro atoms. The van der Waals surface area contributed by atoms with Crippen LogP contribution in [0, 0.1) is 0 Å². The van der Waals surface area contributed by atoms with Crippen molar-refractivity contribution in [3.8, 4) is 0 Å². The van der Waals surface area contributed by atoms with Crippen molar-refractivity contribution in [2.75, 3.05) is 0 Å². The molecule has 0 aliphatic rings. The molecule has 0 rings (SSSR count). The number of rotatable bonds is 1. The summed E-state index contributed by atoms with van der Waals surface area (Å²) in [5, 5.41) is 0. The summed E-state index contributed by atoms with van der Waals surface area (Å²) < 4.78 is 0. The van der Waals surface area contributed by atoms with Crippen molar-refractivity contribution in [2.24, 2.45) is 0 Å². The van der Waals surface area contributed by atoms with E-state index in [9.17, 15) is 0 Å². The van der Waals surface area contributed by atoms with Gasteiger partial charge in [-0.2, -0.15) is 0 Å². The summed E-state index contributed by atoms with van der Waals surface area (Å²) in [6.45, 7) is 9.26. The summed E-state index contributed by atoms with van der Waals surface area (Å²) in [5.74, 6) is 0. The highest BCUT2D eigenvalue weighted by Gasteiger charge is 1.97. The second-order valence-electron chi connectivity index (χ2n) is 2.84. The molecule has 0 aromatic carbocycles. The van der Waals surface area contributed by atoms with Crippen LogP contribution in [-0.4, -0.2) is 19.0 Å². The molecular formula is C6H16Si2. The normalized spacial score (nSPS) is 10.1. The van der Waals surface area contributed by atoms with Crippen molar-refractivity contribution in [1.29, 1.82) is 0 Å². The minimum atomic E-state index is -0.381. The van der Waals surface area contributed by atoms with E-state index >= 15 is 0 Å². The van der Waals surface area contributed by atoms with Crippen molar-refractivity contribution in [3.05, 3.63) is 10.4 Å². The topological polar surface area (TPSA) is 0 Å². The van der Waals surface area contributed by atoms with Crippen molar-refractivity contribution >= 4 is 19.0 Å². The molecule has 0 unspecified atom stereocenters. The van der Waals surface area contributed by atoms with Gasteiger partial charge in [-0.05, 0) is 13.8 Å². The van der Waals surface area contributed by atoms with Crippen LogP contribution in [0.15, 0.2) is 10.4 Å². The molecule has 0 aliphatic carbocycles. The van der Waals surface area contributed by atoms with Gasteiger partial charge in [-0.15, -0.1) is 4.82 Å². The fraction of sp³-hybridized carbons (Fsp3) is 0.667. The fourth-order valence-corrected chi connectivity index (χ4v) is 1.73. The predicted molar refractivity (Wildman–Crippen MR) is 47.2 cm³/mol. The average molecular weight is 144 g/mol. The Morgan fingerprint density at radius 1 is 1.25 bits per heavy atom. The summed E-state index contributed by atoms with van der Waals surface area (Å²) >= 11 is 0. The minimum Gasteiger partial charge on any atom is -0.105 e. The number of hydrogen-bond donors (Lipinski definition) is 0. The van der Waals surface area contributed by atoms with Gasteiger partial charge in [-0.25, -0.2) is 0 Å². The smallest absolute Gasteiger partial charge is 0.0535 e. The SMILES string of the molecule is CC(C)=C([SiH3])[SiH](C)C. The highest BCUT2D eigenvalue weighted by molar-refractivity contribution is 6.74. The van der Waals surface area contributed by atoms with Crippen molar-refractivity contribution in [1.82, 2.24) is 0 Å². The molecule has 8 heavy (non-hydrogen) atoms. The Labute approximate surface area is 57.0 Å². The van der Waals surface area contributed by atoms with E-state index in [1.54, 1.807) is 10.4 Å². The third kappa shape index (κ3) is 2.47. The highest BCUT2D eigenvalue weighted by atomic mass is 28.3. The Morgan fingerprint density at radius 3 is 1.62 bits per heavy atom. The van der Waals surface area contributed by atoms with Crippen LogP contribution in [0.1, 0.15) is 13.8 Å². The lowest BCUT2D eigenvalue weighted by molar-refractivity contribution is 1.39. The van der Waals surface area contributed by atoms with E-state index in [0.29, 0.717) is 0 Å². The average Bonchev–Trinajstić information content (AvgIpc) is 1.64. The molecule has 48 valence electrons. The molecule has 0 N–H and O–H groups in total. The van der Waals surface area contributed by atoms with Crippen LogP contribution < -0.4 is 0 Å². The molecule has 0 saturated heterocycles. The molecule has 0 amide bonds. The van der Waals surface area contributed by atoms with Crippen molar-refractivity contribution in [2.45, 2.75) is 26.9 Å². The Morgan fingerprint density at radius 2 is 1.62 bits per heavy atom. The van der Waals surface area contributed by atoms with Crippen LogP contribution >= 0.6 is 0 Å². The van der Waals surface area contributed by atoms with Gasteiger partial charge in [-0.1, -0.05) is 18.7 Å². The summed E-state index contributed by atoms with van der Waals surface area (Å²) in [6, 6.07) is 0. The standard InChI is InChI=1S/C6H16Si2/c1-5(2)6(7)8(3)4/h8H,1-4,7H3. The molecular weight excluding hydrogens is 128 g/mol. The van der Waals surface area contributed by atoms with Crippen LogP contribution in [0.4, 0.5) is 0 Å². The number of hydrogen-bond acceptors (Lipinski definition) is 0. The largest absolute Gasteiger partial charge is 0.105 e. The summed E-state index contributed by atoms with van der Waals surface area (Å²) in [4.78, 5) is 1.80. The lowest BCUT2D eigenvalue weighted by Gasteiger charge is -2.04. The molecule has 0 nitrogen and oxygen atoms in total. The second kappa shape index (κ2) is 3.25. The molecule has 2 heteroatoms. The Hall–Kier alpha value is 0.174. The lowest BCUT2D eigenvalue weighted by atomic mass is 10.4. The summed E-state index contributed by atoms with van der Waals surface area (Å²) in [5.41, 5.74) is 1.58. The second-order valence-corrected chi connectivity index (χ2v) is 8.25. The Balaban J connectivity index is 4.00. The van der Waals surface area contributed by atoms with Crippen LogP contribution in [0.25, 0.3) is 0 Å². The molecule has 0 aromatic heterocycles. The van der Waals surface area contributed by atoms with Crippen LogP contribution in [0.2, 0.25) is 13.1 Å². The molecule has 0 bridgehead atoms. The van der Waals surface area contributed by atoms with Gasteiger partial charge in [0, 0.05) is 10.2 Å². The predicted octanol–water partition coefficient (Wildman–Crippen LogP) is 0.672. The van der Waals surface area contributed by atoms with Crippen molar-refractivity contribution < 1.29 is 0 Å². The zero-order chi connectivity index (χ0) is 6.73. The molecule has 0 aliphatic heterocycles.